The number of hydrogen-bond donors (Lipinski definition) is 0. The van der Waals surface area contributed by atoms with Crippen LogP contribution in [0.15, 0.2) is 157 Å². The molecule has 224 valence electrons. The topological polar surface area (TPSA) is 4.93 Å². The van der Waals surface area contributed by atoms with Crippen molar-refractivity contribution in [2.75, 3.05) is 0 Å². The van der Waals surface area contributed by atoms with Crippen LogP contribution < -0.4 is 0 Å². The molecule has 7 aromatic carbocycles. The van der Waals surface area contributed by atoms with E-state index in [9.17, 15) is 0 Å². The first kappa shape index (κ1) is 27.6. The number of rotatable bonds is 4. The lowest BCUT2D eigenvalue weighted by molar-refractivity contribution is 0.967. The molecule has 0 saturated carbocycles. The predicted molar refractivity (Wildman–Crippen MR) is 202 cm³/mol. The van der Waals surface area contributed by atoms with Gasteiger partial charge in [-0.1, -0.05) is 121 Å². The number of benzene rings is 7. The highest BCUT2D eigenvalue weighted by Gasteiger charge is 2.15. The first-order chi connectivity index (χ1) is 23.1. The Hall–Kier alpha value is -5.66. The fourth-order valence-electron chi connectivity index (χ4n) is 7.61. The molecule has 47 heavy (non-hydrogen) atoms. The minimum absolute atomic E-state index is 1.14. The molecule has 0 spiro atoms. The summed E-state index contributed by atoms with van der Waals surface area (Å²) in [7, 11) is 0. The van der Waals surface area contributed by atoms with Gasteiger partial charge in [-0.2, -0.15) is 0 Å². The molecule has 1 aromatic heterocycles. The molecule has 1 aliphatic rings. The normalized spacial score (nSPS) is 13.4. The van der Waals surface area contributed by atoms with E-state index in [1.165, 1.54) is 93.6 Å². The van der Waals surface area contributed by atoms with Crippen LogP contribution in [0.5, 0.6) is 0 Å². The first-order valence-electron chi connectivity index (χ1n) is 16.7. The predicted octanol–water partition coefficient (Wildman–Crippen LogP) is 12.9. The van der Waals surface area contributed by atoms with E-state index in [2.05, 4.69) is 170 Å². The summed E-state index contributed by atoms with van der Waals surface area (Å²) in [5.74, 6) is 0. The minimum atomic E-state index is 1.14. The number of hydrogen-bond acceptors (Lipinski definition) is 0. The summed E-state index contributed by atoms with van der Waals surface area (Å²) in [5, 5.41) is 7.66. The maximum atomic E-state index is 2.42. The number of aromatic nitrogens is 1. The second-order valence-corrected chi connectivity index (χ2v) is 13.0. The Balaban J connectivity index is 1.11. The minimum Gasteiger partial charge on any atom is -0.309 e. The molecule has 8 aromatic rings. The molecule has 0 amide bonds. The van der Waals surface area contributed by atoms with E-state index in [1.807, 2.05) is 0 Å². The van der Waals surface area contributed by atoms with E-state index >= 15 is 0 Å². The average molecular weight is 602 g/mol. The van der Waals surface area contributed by atoms with E-state index < -0.39 is 0 Å². The highest BCUT2D eigenvalue weighted by Crippen LogP contribution is 2.37. The van der Waals surface area contributed by atoms with Gasteiger partial charge in [-0.25, -0.2) is 0 Å². The number of fused-ring (bicyclic) bond motifs is 6. The molecule has 0 N–H and O–H groups in total. The van der Waals surface area contributed by atoms with Gasteiger partial charge in [0.1, 0.15) is 0 Å². The maximum absolute atomic E-state index is 2.42. The van der Waals surface area contributed by atoms with Gasteiger partial charge >= 0.3 is 0 Å². The molecule has 0 atom stereocenters. The number of allylic oxidation sites excluding steroid dienone is 4. The molecule has 9 rings (SSSR count). The Morgan fingerprint density at radius 2 is 1.15 bits per heavy atom. The van der Waals surface area contributed by atoms with Gasteiger partial charge in [0.15, 0.2) is 0 Å². The summed E-state index contributed by atoms with van der Waals surface area (Å²) in [5.41, 5.74) is 14.1. The zero-order valence-corrected chi connectivity index (χ0v) is 26.8. The first-order valence-corrected chi connectivity index (χ1v) is 16.7. The average Bonchev–Trinajstić information content (AvgIpc) is 3.46. The van der Waals surface area contributed by atoms with Crippen LogP contribution in [-0.2, 0) is 0 Å². The van der Waals surface area contributed by atoms with Gasteiger partial charge in [0.05, 0.1) is 11.0 Å². The summed E-state index contributed by atoms with van der Waals surface area (Å²) < 4.78 is 2.42. The van der Waals surface area contributed by atoms with E-state index in [0.717, 1.165) is 12.8 Å². The Labute approximate surface area is 275 Å². The van der Waals surface area contributed by atoms with Crippen molar-refractivity contribution in [3.8, 4) is 27.9 Å². The second-order valence-electron chi connectivity index (χ2n) is 13.0. The molecule has 1 aliphatic carbocycles. The van der Waals surface area contributed by atoms with Gasteiger partial charge in [-0.05, 0) is 124 Å². The summed E-state index contributed by atoms with van der Waals surface area (Å²) in [6.07, 6.45) is 6.90. The standard InChI is InChI=1S/C46H35N/c1-30-9-3-5-11-39(30)43-28-35(16-15-31(43)2)32-17-19-33(20-18-32)36-23-26-46-44(29-36)42-13-7-8-14-45(42)47(46)38-24-25-41-37(27-38)22-21-34-10-4-6-12-40(34)41/h4-8,10-29H,3,9H2,1-2H3. The summed E-state index contributed by atoms with van der Waals surface area (Å²) in [6.45, 7) is 4.50. The Kier molecular flexibility index (Phi) is 6.47. The molecule has 1 nitrogen and oxygen atoms in total. The van der Waals surface area contributed by atoms with Crippen LogP contribution in [0.4, 0.5) is 0 Å². The van der Waals surface area contributed by atoms with Crippen molar-refractivity contribution in [2.24, 2.45) is 0 Å². The zero-order chi connectivity index (χ0) is 31.5. The highest BCUT2D eigenvalue weighted by molar-refractivity contribution is 6.12. The fraction of sp³-hybridized carbons (Fsp3) is 0.0870. The molecular formula is C46H35N. The quantitative estimate of drug-likeness (QED) is 0.177. The van der Waals surface area contributed by atoms with Crippen LogP contribution >= 0.6 is 0 Å². The van der Waals surface area contributed by atoms with Crippen molar-refractivity contribution in [1.29, 1.82) is 0 Å². The zero-order valence-electron chi connectivity index (χ0n) is 26.8. The van der Waals surface area contributed by atoms with Crippen molar-refractivity contribution in [3.63, 3.8) is 0 Å². The smallest absolute Gasteiger partial charge is 0.0541 e. The van der Waals surface area contributed by atoms with Crippen molar-refractivity contribution in [3.05, 3.63) is 168 Å². The van der Waals surface area contributed by atoms with Gasteiger partial charge in [-0.3, -0.25) is 0 Å². The molecule has 0 saturated heterocycles. The lowest BCUT2D eigenvalue weighted by Crippen LogP contribution is -1.95. The Bertz CT molecular complexity index is 2570. The van der Waals surface area contributed by atoms with Gasteiger partial charge in [-0.15, -0.1) is 0 Å². The number of aryl methyl sites for hydroxylation is 1. The van der Waals surface area contributed by atoms with Gasteiger partial charge in [0.25, 0.3) is 0 Å². The van der Waals surface area contributed by atoms with Crippen LogP contribution in [0.1, 0.15) is 30.9 Å². The fourth-order valence-corrected chi connectivity index (χ4v) is 7.61. The third-order valence-corrected chi connectivity index (χ3v) is 10.2. The third-order valence-electron chi connectivity index (χ3n) is 10.2. The lowest BCUT2D eigenvalue weighted by atomic mass is 9.88. The van der Waals surface area contributed by atoms with Crippen LogP contribution in [0, 0.1) is 6.92 Å². The number of para-hydroxylation sites is 1. The molecule has 1 heterocycles. The monoisotopic (exact) mass is 601 g/mol. The molecule has 0 fully saturated rings. The maximum Gasteiger partial charge on any atom is 0.0541 e. The Morgan fingerprint density at radius 1 is 0.489 bits per heavy atom. The molecule has 1 heteroatoms. The van der Waals surface area contributed by atoms with Crippen molar-refractivity contribution < 1.29 is 0 Å². The summed E-state index contributed by atoms with van der Waals surface area (Å²) in [6, 6.07) is 51.7. The molecule has 0 aliphatic heterocycles. The highest BCUT2D eigenvalue weighted by atomic mass is 15.0. The molecule has 0 unspecified atom stereocenters. The van der Waals surface area contributed by atoms with E-state index in [0.29, 0.717) is 0 Å². The second kappa shape index (κ2) is 11.0. The largest absolute Gasteiger partial charge is 0.309 e. The van der Waals surface area contributed by atoms with Gasteiger partial charge < -0.3 is 4.57 Å². The summed E-state index contributed by atoms with van der Waals surface area (Å²) >= 11 is 0. The van der Waals surface area contributed by atoms with Crippen LogP contribution in [0.2, 0.25) is 0 Å². The Morgan fingerprint density at radius 3 is 1.98 bits per heavy atom. The van der Waals surface area contributed by atoms with Crippen LogP contribution in [0.3, 0.4) is 0 Å². The number of nitrogens with zero attached hydrogens (tertiary/aromatic N) is 1. The molecule has 0 radical (unpaired) electrons. The summed E-state index contributed by atoms with van der Waals surface area (Å²) in [4.78, 5) is 0. The van der Waals surface area contributed by atoms with Crippen LogP contribution in [-0.4, -0.2) is 4.57 Å². The van der Waals surface area contributed by atoms with Gasteiger partial charge in [0.2, 0.25) is 0 Å². The van der Waals surface area contributed by atoms with Crippen molar-refractivity contribution in [2.45, 2.75) is 26.7 Å². The van der Waals surface area contributed by atoms with Crippen molar-refractivity contribution in [1.82, 2.24) is 4.57 Å². The molecule has 0 bridgehead atoms. The van der Waals surface area contributed by atoms with E-state index in [-0.39, 0.29) is 0 Å². The van der Waals surface area contributed by atoms with Crippen molar-refractivity contribution >= 4 is 48.9 Å². The lowest BCUT2D eigenvalue weighted by Gasteiger charge is -2.16. The molecular weight excluding hydrogens is 567 g/mol. The van der Waals surface area contributed by atoms with E-state index in [4.69, 9.17) is 0 Å². The SMILES string of the molecule is CC1=C(c2cc(-c3ccc(-c4ccc5c(c4)c4ccccc4n5-c4ccc5c(ccc6ccccc65)c4)cc3)ccc2C)C=CCC1. The van der Waals surface area contributed by atoms with Gasteiger partial charge in [0, 0.05) is 16.5 Å². The van der Waals surface area contributed by atoms with E-state index in [1.54, 1.807) is 0 Å². The van der Waals surface area contributed by atoms with Crippen LogP contribution in [0.25, 0.3) is 76.9 Å². The third kappa shape index (κ3) is 4.62.